The number of ether oxygens (including phenoxy) is 1. The third-order valence-corrected chi connectivity index (χ3v) is 4.08. The number of pyridine rings is 1. The maximum absolute atomic E-state index is 14.5. The van der Waals surface area contributed by atoms with Gasteiger partial charge in [-0.2, -0.15) is 0 Å². The average Bonchev–Trinajstić information content (AvgIpc) is 2.55. The molecule has 0 unspecified atom stereocenters. The fourth-order valence-electron chi connectivity index (χ4n) is 2.80. The van der Waals surface area contributed by atoms with Crippen molar-refractivity contribution in [3.05, 3.63) is 57.8 Å². The first-order valence-electron chi connectivity index (χ1n) is 7.57. The average molecular weight is 332 g/mol. The van der Waals surface area contributed by atoms with E-state index in [1.165, 1.54) is 18.3 Å². The highest BCUT2D eigenvalue weighted by molar-refractivity contribution is 5.88. The minimum atomic E-state index is -1.29. The number of halogens is 1. The Morgan fingerprint density at radius 3 is 2.58 bits per heavy atom. The van der Waals surface area contributed by atoms with Crippen molar-refractivity contribution >= 4 is 11.7 Å². The zero-order chi connectivity index (χ0) is 17.3. The summed E-state index contributed by atoms with van der Waals surface area (Å²) in [6.07, 6.45) is 1.45. The monoisotopic (exact) mass is 332 g/mol. The molecule has 1 aliphatic rings. The summed E-state index contributed by atoms with van der Waals surface area (Å²) in [5, 5.41) is 9.18. The molecule has 126 valence electrons. The summed E-state index contributed by atoms with van der Waals surface area (Å²) in [5.41, 5.74) is 0.114. The van der Waals surface area contributed by atoms with E-state index in [0.717, 1.165) is 4.57 Å². The van der Waals surface area contributed by atoms with Crippen LogP contribution in [0, 0.1) is 12.7 Å². The van der Waals surface area contributed by atoms with Crippen LogP contribution < -0.4 is 10.5 Å². The summed E-state index contributed by atoms with van der Waals surface area (Å²) in [4.78, 5) is 25.5. The number of anilines is 1. The lowest BCUT2D eigenvalue weighted by molar-refractivity contribution is 0.0693. The van der Waals surface area contributed by atoms with Gasteiger partial charge in [-0.3, -0.25) is 9.36 Å². The van der Waals surface area contributed by atoms with E-state index in [2.05, 4.69) is 0 Å². The van der Waals surface area contributed by atoms with Crippen LogP contribution in [-0.2, 0) is 4.74 Å². The van der Waals surface area contributed by atoms with E-state index in [-0.39, 0.29) is 11.3 Å². The molecule has 1 N–H and O–H groups in total. The minimum Gasteiger partial charge on any atom is -0.477 e. The highest BCUT2D eigenvalue weighted by Gasteiger charge is 2.18. The van der Waals surface area contributed by atoms with Gasteiger partial charge in [0, 0.05) is 25.4 Å². The topological polar surface area (TPSA) is 71.8 Å². The SMILES string of the molecule is Cc1ccn(-c2ccc(N3CCOCC3)c(F)c2)c(=O)c1C(=O)O. The fourth-order valence-corrected chi connectivity index (χ4v) is 2.80. The number of hydrogen-bond donors (Lipinski definition) is 1. The van der Waals surface area contributed by atoms with Gasteiger partial charge in [0.05, 0.1) is 24.6 Å². The highest BCUT2D eigenvalue weighted by Crippen LogP contribution is 2.23. The molecule has 1 aromatic carbocycles. The van der Waals surface area contributed by atoms with Crippen LogP contribution in [0.2, 0.25) is 0 Å². The second-order valence-corrected chi connectivity index (χ2v) is 5.59. The fraction of sp³-hybridized carbons (Fsp3) is 0.294. The summed E-state index contributed by atoms with van der Waals surface area (Å²) in [6, 6.07) is 5.98. The predicted molar refractivity (Wildman–Crippen MR) is 86.7 cm³/mol. The van der Waals surface area contributed by atoms with E-state index in [0.29, 0.717) is 37.6 Å². The summed E-state index contributed by atoms with van der Waals surface area (Å²) < 4.78 is 20.9. The number of nitrogens with zero attached hydrogens (tertiary/aromatic N) is 2. The summed E-state index contributed by atoms with van der Waals surface area (Å²) in [5.74, 6) is -1.75. The number of morpholine rings is 1. The maximum atomic E-state index is 14.5. The normalized spacial score (nSPS) is 14.7. The van der Waals surface area contributed by atoms with Crippen LogP contribution in [0.5, 0.6) is 0 Å². The third-order valence-electron chi connectivity index (χ3n) is 4.08. The van der Waals surface area contributed by atoms with Gasteiger partial charge < -0.3 is 14.7 Å². The first kappa shape index (κ1) is 16.2. The first-order valence-corrected chi connectivity index (χ1v) is 7.57. The molecular weight excluding hydrogens is 315 g/mol. The molecule has 1 fully saturated rings. The molecule has 0 spiro atoms. The molecule has 24 heavy (non-hydrogen) atoms. The minimum absolute atomic E-state index is 0.289. The quantitative estimate of drug-likeness (QED) is 0.928. The Morgan fingerprint density at radius 2 is 1.96 bits per heavy atom. The molecule has 0 saturated carbocycles. The van der Waals surface area contributed by atoms with Crippen molar-refractivity contribution in [3.63, 3.8) is 0 Å². The highest BCUT2D eigenvalue weighted by atomic mass is 19.1. The first-order chi connectivity index (χ1) is 11.5. The van der Waals surface area contributed by atoms with Crippen molar-refractivity contribution in [2.45, 2.75) is 6.92 Å². The largest absolute Gasteiger partial charge is 0.477 e. The van der Waals surface area contributed by atoms with Crippen LogP contribution in [0.3, 0.4) is 0 Å². The van der Waals surface area contributed by atoms with Gasteiger partial charge >= 0.3 is 5.97 Å². The van der Waals surface area contributed by atoms with Gasteiger partial charge in [0.1, 0.15) is 11.4 Å². The molecule has 3 rings (SSSR count). The Labute approximate surface area is 137 Å². The standard InChI is InChI=1S/C17H17FN2O4/c1-11-4-5-20(16(21)15(11)17(22)23)12-2-3-14(13(18)10-12)19-6-8-24-9-7-19/h2-5,10H,6-9H2,1H3,(H,22,23). The van der Waals surface area contributed by atoms with Crippen LogP contribution in [0.25, 0.3) is 5.69 Å². The van der Waals surface area contributed by atoms with Crippen LogP contribution >= 0.6 is 0 Å². The van der Waals surface area contributed by atoms with Crippen molar-refractivity contribution in [2.75, 3.05) is 31.2 Å². The molecule has 1 saturated heterocycles. The molecular formula is C17H17FN2O4. The summed E-state index contributed by atoms with van der Waals surface area (Å²) in [6.45, 7) is 3.84. The van der Waals surface area contributed by atoms with Gasteiger partial charge in [-0.05, 0) is 30.7 Å². The van der Waals surface area contributed by atoms with Crippen molar-refractivity contribution in [3.8, 4) is 5.69 Å². The van der Waals surface area contributed by atoms with Crippen LogP contribution in [0.4, 0.5) is 10.1 Å². The number of aryl methyl sites for hydroxylation is 1. The zero-order valence-corrected chi connectivity index (χ0v) is 13.2. The lowest BCUT2D eigenvalue weighted by atomic mass is 10.1. The molecule has 0 amide bonds. The van der Waals surface area contributed by atoms with Gasteiger partial charge in [-0.1, -0.05) is 0 Å². The molecule has 1 aliphatic heterocycles. The third kappa shape index (κ3) is 2.90. The number of carbonyl (C=O) groups is 1. The molecule has 1 aromatic heterocycles. The van der Waals surface area contributed by atoms with E-state index in [1.807, 2.05) is 4.90 Å². The molecule has 0 bridgehead atoms. The summed E-state index contributed by atoms with van der Waals surface area (Å²) >= 11 is 0. The number of hydrogen-bond acceptors (Lipinski definition) is 4. The number of rotatable bonds is 3. The van der Waals surface area contributed by atoms with Crippen molar-refractivity contribution in [1.82, 2.24) is 4.57 Å². The van der Waals surface area contributed by atoms with E-state index in [4.69, 9.17) is 4.74 Å². The molecule has 7 heteroatoms. The van der Waals surface area contributed by atoms with Crippen molar-refractivity contribution in [1.29, 1.82) is 0 Å². The number of benzene rings is 1. The van der Waals surface area contributed by atoms with Gasteiger partial charge in [0.25, 0.3) is 5.56 Å². The molecule has 6 nitrogen and oxygen atoms in total. The zero-order valence-electron chi connectivity index (χ0n) is 13.2. The Morgan fingerprint density at radius 1 is 1.25 bits per heavy atom. The Kier molecular flexibility index (Phi) is 4.35. The van der Waals surface area contributed by atoms with E-state index >= 15 is 0 Å². The molecule has 0 radical (unpaired) electrons. The Hall–Kier alpha value is -2.67. The van der Waals surface area contributed by atoms with E-state index in [9.17, 15) is 19.1 Å². The lowest BCUT2D eigenvalue weighted by Gasteiger charge is -2.29. The van der Waals surface area contributed by atoms with Gasteiger partial charge in [-0.25, -0.2) is 9.18 Å². The molecule has 0 atom stereocenters. The van der Waals surface area contributed by atoms with Gasteiger partial charge in [-0.15, -0.1) is 0 Å². The van der Waals surface area contributed by atoms with Crippen LogP contribution in [0.15, 0.2) is 35.3 Å². The number of aromatic nitrogens is 1. The van der Waals surface area contributed by atoms with E-state index < -0.39 is 17.3 Å². The Bertz CT molecular complexity index is 841. The Balaban J connectivity index is 2.02. The number of carboxylic acids is 1. The lowest BCUT2D eigenvalue weighted by Crippen LogP contribution is -2.36. The number of aromatic carboxylic acids is 1. The molecule has 2 aromatic rings. The smallest absolute Gasteiger partial charge is 0.341 e. The predicted octanol–water partition coefficient (Wildman–Crippen LogP) is 1.82. The van der Waals surface area contributed by atoms with Crippen LogP contribution in [-0.4, -0.2) is 41.9 Å². The van der Waals surface area contributed by atoms with Gasteiger partial charge in [0.15, 0.2) is 0 Å². The molecule has 2 heterocycles. The van der Waals surface area contributed by atoms with Crippen molar-refractivity contribution in [2.24, 2.45) is 0 Å². The van der Waals surface area contributed by atoms with Crippen molar-refractivity contribution < 1.29 is 19.0 Å². The maximum Gasteiger partial charge on any atom is 0.341 e. The second-order valence-electron chi connectivity index (χ2n) is 5.59. The van der Waals surface area contributed by atoms with Gasteiger partial charge in [0.2, 0.25) is 0 Å². The second kappa shape index (κ2) is 6.45. The number of carboxylic acid groups (broad SMARTS) is 1. The van der Waals surface area contributed by atoms with Crippen LogP contribution in [0.1, 0.15) is 15.9 Å². The summed E-state index contributed by atoms with van der Waals surface area (Å²) in [7, 11) is 0. The molecule has 0 aliphatic carbocycles. The van der Waals surface area contributed by atoms with E-state index in [1.54, 1.807) is 19.1 Å².